The van der Waals surface area contributed by atoms with Gasteiger partial charge in [0.25, 0.3) is 0 Å². The van der Waals surface area contributed by atoms with Crippen molar-refractivity contribution in [3.05, 3.63) is 57.8 Å². The maximum absolute atomic E-state index is 11.8. The van der Waals surface area contributed by atoms with Crippen molar-refractivity contribution in [3.8, 4) is 0 Å². The van der Waals surface area contributed by atoms with Crippen LogP contribution in [-0.4, -0.2) is 11.6 Å². The van der Waals surface area contributed by atoms with Crippen LogP contribution in [0.2, 0.25) is 0 Å². The van der Waals surface area contributed by atoms with Crippen molar-refractivity contribution in [2.24, 2.45) is 5.10 Å². The van der Waals surface area contributed by atoms with E-state index in [-0.39, 0.29) is 5.91 Å². The first-order valence-corrected chi connectivity index (χ1v) is 7.17. The third kappa shape index (κ3) is 2.74. The number of carbonyl (C=O) groups excluding carboxylic acids is 1. The van der Waals surface area contributed by atoms with Crippen LogP contribution in [0.25, 0.3) is 0 Å². The smallest absolute Gasteiger partial charge is 0.245 e. The fourth-order valence-corrected chi connectivity index (χ4v) is 2.97. The Balaban J connectivity index is 1.66. The van der Waals surface area contributed by atoms with Crippen LogP contribution in [0.5, 0.6) is 0 Å². The third-order valence-electron chi connectivity index (χ3n) is 3.19. The third-order valence-corrected chi connectivity index (χ3v) is 4.07. The highest BCUT2D eigenvalue weighted by Gasteiger charge is 2.17. The highest BCUT2D eigenvalue weighted by Crippen LogP contribution is 2.21. The number of nitrogens with one attached hydrogen (secondary N) is 1. The van der Waals surface area contributed by atoms with E-state index in [0.29, 0.717) is 6.42 Å². The quantitative estimate of drug-likeness (QED) is 0.856. The molecule has 0 unspecified atom stereocenters. The molecule has 1 aromatic carbocycles. The molecule has 19 heavy (non-hydrogen) atoms. The van der Waals surface area contributed by atoms with Crippen LogP contribution >= 0.6 is 11.3 Å². The molecule has 0 fully saturated rings. The number of rotatable bonds is 3. The number of benzene rings is 1. The number of hydrogen-bond donors (Lipinski definition) is 1. The standard InChI is InChI=1S/C15H14N2OS/c18-15(10-12-5-3-9-19-12)17-16-14-8-7-11-4-1-2-6-13(11)14/h1-6,9H,7-8,10H2,(H,17,18)/b16-14-. The summed E-state index contributed by atoms with van der Waals surface area (Å²) in [5, 5.41) is 6.24. The predicted octanol–water partition coefficient (Wildman–Crippen LogP) is 2.76. The van der Waals surface area contributed by atoms with Gasteiger partial charge in [-0.15, -0.1) is 11.3 Å². The predicted molar refractivity (Wildman–Crippen MR) is 77.5 cm³/mol. The first kappa shape index (κ1) is 12.1. The Bertz CT molecular complexity index is 617. The molecular formula is C15H14N2OS. The Morgan fingerprint density at radius 1 is 1.21 bits per heavy atom. The summed E-state index contributed by atoms with van der Waals surface area (Å²) >= 11 is 1.59. The maximum Gasteiger partial charge on any atom is 0.245 e. The van der Waals surface area contributed by atoms with Gasteiger partial charge in [0.2, 0.25) is 5.91 Å². The molecule has 0 bridgehead atoms. The van der Waals surface area contributed by atoms with Gasteiger partial charge in [-0.05, 0) is 29.9 Å². The molecule has 1 N–H and O–H groups in total. The average Bonchev–Trinajstić information content (AvgIpc) is 3.05. The zero-order chi connectivity index (χ0) is 13.1. The number of carbonyl (C=O) groups is 1. The minimum Gasteiger partial charge on any atom is -0.273 e. The molecule has 0 saturated carbocycles. The van der Waals surface area contributed by atoms with Crippen LogP contribution in [0.1, 0.15) is 22.4 Å². The van der Waals surface area contributed by atoms with E-state index in [0.717, 1.165) is 23.4 Å². The van der Waals surface area contributed by atoms with Gasteiger partial charge in [0.1, 0.15) is 0 Å². The van der Waals surface area contributed by atoms with Crippen LogP contribution in [0.15, 0.2) is 46.9 Å². The fraction of sp³-hybridized carbons (Fsp3) is 0.200. The molecular weight excluding hydrogens is 256 g/mol. The molecule has 2 aromatic rings. The highest BCUT2D eigenvalue weighted by atomic mass is 32.1. The molecule has 4 heteroatoms. The topological polar surface area (TPSA) is 41.5 Å². The van der Waals surface area contributed by atoms with Crippen molar-refractivity contribution < 1.29 is 4.79 Å². The molecule has 0 atom stereocenters. The summed E-state index contributed by atoms with van der Waals surface area (Å²) in [5.74, 6) is -0.0562. The first-order valence-electron chi connectivity index (χ1n) is 6.29. The molecule has 1 heterocycles. The van der Waals surface area contributed by atoms with Crippen molar-refractivity contribution >= 4 is 23.0 Å². The molecule has 96 valence electrons. The normalized spacial score (nSPS) is 15.5. The van der Waals surface area contributed by atoms with E-state index in [1.807, 2.05) is 29.6 Å². The van der Waals surface area contributed by atoms with Gasteiger partial charge in [-0.25, -0.2) is 5.43 Å². The van der Waals surface area contributed by atoms with Crippen molar-refractivity contribution in [3.63, 3.8) is 0 Å². The number of aryl methyl sites for hydroxylation is 1. The number of fused-ring (bicyclic) bond motifs is 1. The molecule has 0 aliphatic heterocycles. The van der Waals surface area contributed by atoms with Gasteiger partial charge >= 0.3 is 0 Å². The Labute approximate surface area is 116 Å². The molecule has 3 nitrogen and oxygen atoms in total. The van der Waals surface area contributed by atoms with E-state index in [1.165, 1.54) is 11.1 Å². The van der Waals surface area contributed by atoms with Gasteiger partial charge in [-0.2, -0.15) is 5.10 Å². The van der Waals surface area contributed by atoms with Gasteiger partial charge in [-0.3, -0.25) is 4.79 Å². The number of hydrogen-bond acceptors (Lipinski definition) is 3. The van der Waals surface area contributed by atoms with E-state index in [9.17, 15) is 4.79 Å². The average molecular weight is 270 g/mol. The summed E-state index contributed by atoms with van der Waals surface area (Å²) < 4.78 is 0. The van der Waals surface area contributed by atoms with Gasteiger partial charge in [-0.1, -0.05) is 30.3 Å². The van der Waals surface area contributed by atoms with Crippen molar-refractivity contribution in [2.45, 2.75) is 19.3 Å². The molecule has 0 saturated heterocycles. The number of thiophene rings is 1. The maximum atomic E-state index is 11.8. The molecule has 1 aliphatic carbocycles. The van der Waals surface area contributed by atoms with E-state index in [1.54, 1.807) is 11.3 Å². The zero-order valence-electron chi connectivity index (χ0n) is 10.4. The fourth-order valence-electron chi connectivity index (χ4n) is 2.26. The number of amides is 1. The highest BCUT2D eigenvalue weighted by molar-refractivity contribution is 7.10. The van der Waals surface area contributed by atoms with Crippen molar-refractivity contribution in [2.75, 3.05) is 0 Å². The molecule has 0 radical (unpaired) electrons. The van der Waals surface area contributed by atoms with Crippen LogP contribution in [0, 0.1) is 0 Å². The molecule has 3 rings (SSSR count). The summed E-state index contributed by atoms with van der Waals surface area (Å²) in [7, 11) is 0. The molecule has 1 aromatic heterocycles. The van der Waals surface area contributed by atoms with Gasteiger partial charge < -0.3 is 0 Å². The Kier molecular flexibility index (Phi) is 3.42. The summed E-state index contributed by atoms with van der Waals surface area (Å²) in [5.41, 5.74) is 6.12. The zero-order valence-corrected chi connectivity index (χ0v) is 11.2. The van der Waals surface area contributed by atoms with Gasteiger partial charge in [0, 0.05) is 10.4 Å². The largest absolute Gasteiger partial charge is 0.273 e. The first-order chi connectivity index (χ1) is 9.33. The van der Waals surface area contributed by atoms with Crippen LogP contribution in [0.4, 0.5) is 0 Å². The second-order valence-corrected chi connectivity index (χ2v) is 5.54. The minimum absolute atomic E-state index is 0.0562. The van der Waals surface area contributed by atoms with E-state index in [2.05, 4.69) is 22.7 Å². The van der Waals surface area contributed by atoms with Crippen LogP contribution in [-0.2, 0) is 17.6 Å². The lowest BCUT2D eigenvalue weighted by atomic mass is 10.1. The van der Waals surface area contributed by atoms with Gasteiger partial charge in [0.15, 0.2) is 0 Å². The van der Waals surface area contributed by atoms with Crippen LogP contribution in [0.3, 0.4) is 0 Å². The van der Waals surface area contributed by atoms with Crippen LogP contribution < -0.4 is 5.43 Å². The Morgan fingerprint density at radius 3 is 2.95 bits per heavy atom. The molecule has 0 spiro atoms. The molecule has 1 amide bonds. The van der Waals surface area contributed by atoms with Crippen molar-refractivity contribution in [1.82, 2.24) is 5.43 Å². The summed E-state index contributed by atoms with van der Waals surface area (Å²) in [6.07, 6.45) is 2.31. The second kappa shape index (κ2) is 5.36. The second-order valence-electron chi connectivity index (χ2n) is 4.51. The summed E-state index contributed by atoms with van der Waals surface area (Å²) in [6, 6.07) is 12.1. The lowest BCUT2D eigenvalue weighted by Gasteiger charge is -2.01. The summed E-state index contributed by atoms with van der Waals surface area (Å²) in [6.45, 7) is 0. The minimum atomic E-state index is -0.0562. The monoisotopic (exact) mass is 270 g/mol. The Morgan fingerprint density at radius 2 is 2.11 bits per heavy atom. The van der Waals surface area contributed by atoms with E-state index >= 15 is 0 Å². The van der Waals surface area contributed by atoms with Crippen molar-refractivity contribution in [1.29, 1.82) is 0 Å². The lowest BCUT2D eigenvalue weighted by molar-refractivity contribution is -0.120. The number of hydrazone groups is 1. The van der Waals surface area contributed by atoms with E-state index < -0.39 is 0 Å². The van der Waals surface area contributed by atoms with E-state index in [4.69, 9.17) is 0 Å². The lowest BCUT2D eigenvalue weighted by Crippen LogP contribution is -2.21. The summed E-state index contributed by atoms with van der Waals surface area (Å²) in [4.78, 5) is 12.8. The Hall–Kier alpha value is -1.94. The van der Waals surface area contributed by atoms with Gasteiger partial charge in [0.05, 0.1) is 12.1 Å². The molecule has 1 aliphatic rings. The number of nitrogens with zero attached hydrogens (tertiary/aromatic N) is 1. The SMILES string of the molecule is O=C(Cc1cccs1)N/N=C1/CCc2ccccc21.